The Morgan fingerprint density at radius 1 is 1.38 bits per heavy atom. The van der Waals surface area contributed by atoms with Crippen LogP contribution < -0.4 is 0 Å². The molecule has 0 unspecified atom stereocenters. The Labute approximate surface area is 92.8 Å². The van der Waals surface area contributed by atoms with E-state index in [0.29, 0.717) is 5.56 Å². The van der Waals surface area contributed by atoms with Crippen LogP contribution in [0.4, 0.5) is 5.69 Å². The molecule has 1 aromatic rings. The quantitative estimate of drug-likeness (QED) is 0.536. The van der Waals surface area contributed by atoms with E-state index in [-0.39, 0.29) is 17.2 Å². The van der Waals surface area contributed by atoms with Crippen LogP contribution in [0.25, 0.3) is 0 Å². The molecule has 0 fully saturated rings. The molecule has 1 aliphatic heterocycles. The predicted octanol–water partition coefficient (Wildman–Crippen LogP) is 1.92. The van der Waals surface area contributed by atoms with Gasteiger partial charge in [-0.05, 0) is 19.4 Å². The number of nitro groups is 1. The third-order valence-electron chi connectivity index (χ3n) is 3.26. The third-order valence-corrected chi connectivity index (χ3v) is 3.26. The molecule has 1 aliphatic rings. The number of carbonyl (C=O) groups excluding carboxylic acids is 1. The first-order valence-corrected chi connectivity index (χ1v) is 4.93. The van der Waals surface area contributed by atoms with Crippen molar-refractivity contribution in [2.45, 2.75) is 19.4 Å². The van der Waals surface area contributed by atoms with Crippen molar-refractivity contribution in [1.82, 2.24) is 4.90 Å². The molecule has 0 atom stereocenters. The van der Waals surface area contributed by atoms with Crippen molar-refractivity contribution in [1.29, 1.82) is 0 Å². The summed E-state index contributed by atoms with van der Waals surface area (Å²) < 4.78 is 0. The van der Waals surface area contributed by atoms with Crippen LogP contribution in [0.15, 0.2) is 18.2 Å². The van der Waals surface area contributed by atoms with E-state index in [1.54, 1.807) is 19.2 Å². The summed E-state index contributed by atoms with van der Waals surface area (Å²) in [6.45, 7) is 3.75. The van der Waals surface area contributed by atoms with Crippen molar-refractivity contribution < 1.29 is 9.72 Å². The van der Waals surface area contributed by atoms with Crippen LogP contribution in [0.5, 0.6) is 0 Å². The molecule has 0 N–H and O–H groups in total. The molecule has 5 heteroatoms. The average molecular weight is 220 g/mol. The fourth-order valence-electron chi connectivity index (χ4n) is 2.03. The van der Waals surface area contributed by atoms with Crippen LogP contribution in [0.2, 0.25) is 0 Å². The highest BCUT2D eigenvalue weighted by molar-refractivity contribution is 6.03. The normalized spacial score (nSPS) is 17.4. The molecular formula is C11H12N2O3. The fraction of sp³-hybridized carbons (Fsp3) is 0.364. The van der Waals surface area contributed by atoms with Gasteiger partial charge in [0, 0.05) is 13.1 Å². The van der Waals surface area contributed by atoms with Gasteiger partial charge in [0.1, 0.15) is 5.56 Å². The van der Waals surface area contributed by atoms with Gasteiger partial charge in [0.05, 0.1) is 10.5 Å². The van der Waals surface area contributed by atoms with E-state index >= 15 is 0 Å². The number of benzene rings is 1. The topological polar surface area (TPSA) is 63.5 Å². The van der Waals surface area contributed by atoms with Gasteiger partial charge in [-0.1, -0.05) is 12.1 Å². The van der Waals surface area contributed by atoms with Crippen molar-refractivity contribution >= 4 is 11.6 Å². The Morgan fingerprint density at radius 2 is 2.00 bits per heavy atom. The van der Waals surface area contributed by atoms with Crippen molar-refractivity contribution in [3.63, 3.8) is 0 Å². The Morgan fingerprint density at radius 3 is 2.56 bits per heavy atom. The number of amides is 1. The van der Waals surface area contributed by atoms with Gasteiger partial charge in [0.2, 0.25) is 0 Å². The summed E-state index contributed by atoms with van der Waals surface area (Å²) in [5.41, 5.74) is 0.340. The third kappa shape index (κ3) is 1.14. The first kappa shape index (κ1) is 10.6. The number of rotatable bonds is 1. The SMILES string of the molecule is CN1C(=O)c2c([N+](=O)[O-])cccc2C1(C)C. The standard InChI is InChI=1S/C11H12N2O3/c1-11(2)7-5-4-6-8(13(15)16)9(7)10(14)12(11)3/h4-6H,1-3H3. The van der Waals surface area contributed by atoms with E-state index in [1.165, 1.54) is 11.0 Å². The summed E-state index contributed by atoms with van der Waals surface area (Å²) in [4.78, 5) is 23.8. The molecule has 0 aliphatic carbocycles. The molecule has 1 amide bonds. The number of hydrogen-bond donors (Lipinski definition) is 0. The monoisotopic (exact) mass is 220 g/mol. The minimum atomic E-state index is -0.508. The summed E-state index contributed by atoms with van der Waals surface area (Å²) in [5.74, 6) is -0.285. The van der Waals surface area contributed by atoms with E-state index in [0.717, 1.165) is 0 Å². The van der Waals surface area contributed by atoms with E-state index in [9.17, 15) is 14.9 Å². The van der Waals surface area contributed by atoms with Gasteiger partial charge in [-0.15, -0.1) is 0 Å². The lowest BCUT2D eigenvalue weighted by molar-refractivity contribution is -0.385. The summed E-state index contributed by atoms with van der Waals surface area (Å²) in [6, 6.07) is 4.75. The molecule has 2 rings (SSSR count). The van der Waals surface area contributed by atoms with Crippen molar-refractivity contribution in [2.75, 3.05) is 7.05 Å². The van der Waals surface area contributed by atoms with Crippen molar-refractivity contribution in [2.24, 2.45) is 0 Å². The first-order valence-electron chi connectivity index (χ1n) is 4.93. The summed E-state index contributed by atoms with van der Waals surface area (Å²) in [5, 5.41) is 10.9. The van der Waals surface area contributed by atoms with Gasteiger partial charge in [-0.2, -0.15) is 0 Å². The van der Waals surface area contributed by atoms with Crippen LogP contribution >= 0.6 is 0 Å². The van der Waals surface area contributed by atoms with Crippen LogP contribution in [0.3, 0.4) is 0 Å². The molecule has 0 spiro atoms. The summed E-state index contributed by atoms with van der Waals surface area (Å²) >= 11 is 0. The molecule has 1 heterocycles. The van der Waals surface area contributed by atoms with Crippen LogP contribution in [-0.2, 0) is 5.54 Å². The number of nitrogens with zero attached hydrogens (tertiary/aromatic N) is 2. The smallest absolute Gasteiger partial charge is 0.282 e. The Hall–Kier alpha value is -1.91. The van der Waals surface area contributed by atoms with E-state index < -0.39 is 10.5 Å². The maximum Gasteiger partial charge on any atom is 0.282 e. The van der Waals surface area contributed by atoms with Gasteiger partial charge < -0.3 is 4.90 Å². The highest BCUT2D eigenvalue weighted by Crippen LogP contribution is 2.41. The lowest BCUT2D eigenvalue weighted by atomic mass is 9.93. The number of fused-ring (bicyclic) bond motifs is 1. The lowest BCUT2D eigenvalue weighted by Gasteiger charge is -2.28. The largest absolute Gasteiger partial charge is 0.332 e. The zero-order valence-electron chi connectivity index (χ0n) is 9.35. The zero-order chi connectivity index (χ0) is 12.1. The number of hydrogen-bond acceptors (Lipinski definition) is 3. The van der Waals surface area contributed by atoms with Crippen LogP contribution in [-0.4, -0.2) is 22.8 Å². The molecule has 0 bridgehead atoms. The molecule has 1 aromatic carbocycles. The second-order valence-corrected chi connectivity index (χ2v) is 4.38. The number of nitro benzene ring substituents is 1. The van der Waals surface area contributed by atoms with Crippen molar-refractivity contribution in [3.8, 4) is 0 Å². The minimum absolute atomic E-state index is 0.111. The molecule has 0 radical (unpaired) electrons. The molecular weight excluding hydrogens is 208 g/mol. The highest BCUT2D eigenvalue weighted by Gasteiger charge is 2.44. The molecule has 0 saturated heterocycles. The van der Waals surface area contributed by atoms with Crippen molar-refractivity contribution in [3.05, 3.63) is 39.4 Å². The Bertz CT molecular complexity index is 494. The Balaban J connectivity index is 2.76. The Kier molecular flexibility index (Phi) is 2.01. The molecule has 5 nitrogen and oxygen atoms in total. The van der Waals surface area contributed by atoms with Gasteiger partial charge in [-0.3, -0.25) is 14.9 Å². The molecule has 84 valence electrons. The molecule has 0 saturated carbocycles. The van der Waals surface area contributed by atoms with E-state index in [2.05, 4.69) is 0 Å². The second-order valence-electron chi connectivity index (χ2n) is 4.38. The second kappa shape index (κ2) is 3.04. The van der Waals surface area contributed by atoms with E-state index in [4.69, 9.17) is 0 Å². The van der Waals surface area contributed by atoms with Crippen LogP contribution in [0.1, 0.15) is 29.8 Å². The molecule has 16 heavy (non-hydrogen) atoms. The summed E-state index contributed by atoms with van der Waals surface area (Å²) in [7, 11) is 1.66. The fourth-order valence-corrected chi connectivity index (χ4v) is 2.03. The first-order chi connectivity index (χ1) is 7.37. The zero-order valence-corrected chi connectivity index (χ0v) is 9.35. The lowest BCUT2D eigenvalue weighted by Crippen LogP contribution is -2.35. The predicted molar refractivity (Wildman–Crippen MR) is 58.2 cm³/mol. The number of carbonyl (C=O) groups is 1. The average Bonchev–Trinajstić information content (AvgIpc) is 2.41. The summed E-state index contributed by atoms with van der Waals surface area (Å²) in [6.07, 6.45) is 0. The van der Waals surface area contributed by atoms with Gasteiger partial charge >= 0.3 is 0 Å². The van der Waals surface area contributed by atoms with Gasteiger partial charge in [0.25, 0.3) is 11.6 Å². The highest BCUT2D eigenvalue weighted by atomic mass is 16.6. The minimum Gasteiger partial charge on any atom is -0.332 e. The van der Waals surface area contributed by atoms with Gasteiger partial charge in [0.15, 0.2) is 0 Å². The maximum atomic E-state index is 12.0. The van der Waals surface area contributed by atoms with Gasteiger partial charge in [-0.25, -0.2) is 0 Å². The maximum absolute atomic E-state index is 12.0. The van der Waals surface area contributed by atoms with E-state index in [1.807, 2.05) is 13.8 Å². The van der Waals surface area contributed by atoms with Crippen LogP contribution in [0, 0.1) is 10.1 Å². The molecule has 0 aromatic heterocycles.